The van der Waals surface area contributed by atoms with E-state index in [-0.39, 0.29) is 6.10 Å². The quantitative estimate of drug-likeness (QED) is 0.713. The summed E-state index contributed by atoms with van der Waals surface area (Å²) in [4.78, 5) is 0. The van der Waals surface area contributed by atoms with E-state index in [1.165, 1.54) is 0 Å². The molecule has 0 aromatic rings. The molecule has 0 fully saturated rings. The SMILES string of the molecule is CC(C)C(C)C(O)CCC(C)(C)C. The molecule has 1 N–H and O–H groups in total. The Morgan fingerprint density at radius 1 is 1.08 bits per heavy atom. The van der Waals surface area contributed by atoms with Crippen molar-refractivity contribution in [2.75, 3.05) is 0 Å². The maximum Gasteiger partial charge on any atom is 0.0568 e. The number of aliphatic hydroxyl groups is 1. The zero-order valence-electron chi connectivity index (χ0n) is 10.1. The Balaban J connectivity index is 3.81. The van der Waals surface area contributed by atoms with Crippen molar-refractivity contribution in [3.63, 3.8) is 0 Å². The van der Waals surface area contributed by atoms with Gasteiger partial charge >= 0.3 is 0 Å². The molecule has 0 aromatic heterocycles. The molecule has 13 heavy (non-hydrogen) atoms. The third-order valence-corrected chi connectivity index (χ3v) is 2.85. The minimum Gasteiger partial charge on any atom is -0.393 e. The summed E-state index contributed by atoms with van der Waals surface area (Å²) < 4.78 is 0. The molecule has 0 rings (SSSR count). The summed E-state index contributed by atoms with van der Waals surface area (Å²) in [6.45, 7) is 13.1. The van der Waals surface area contributed by atoms with Gasteiger partial charge in [-0.15, -0.1) is 0 Å². The molecule has 0 heterocycles. The average molecular weight is 186 g/mol. The smallest absolute Gasteiger partial charge is 0.0568 e. The average Bonchev–Trinajstić information content (AvgIpc) is 1.97. The van der Waals surface area contributed by atoms with Crippen LogP contribution in [0.25, 0.3) is 0 Å². The Labute approximate surface area is 83.5 Å². The van der Waals surface area contributed by atoms with Crippen LogP contribution in [0.1, 0.15) is 54.4 Å². The predicted molar refractivity (Wildman–Crippen MR) is 58.7 cm³/mol. The topological polar surface area (TPSA) is 20.2 Å². The molecular weight excluding hydrogens is 160 g/mol. The lowest BCUT2D eigenvalue weighted by molar-refractivity contribution is 0.0726. The summed E-state index contributed by atoms with van der Waals surface area (Å²) >= 11 is 0. The van der Waals surface area contributed by atoms with Gasteiger partial charge in [0.25, 0.3) is 0 Å². The van der Waals surface area contributed by atoms with Gasteiger partial charge in [0.2, 0.25) is 0 Å². The molecule has 0 aliphatic rings. The van der Waals surface area contributed by atoms with Crippen LogP contribution in [0.5, 0.6) is 0 Å². The Kier molecular flexibility index (Phi) is 4.98. The van der Waals surface area contributed by atoms with E-state index in [9.17, 15) is 5.11 Å². The fourth-order valence-electron chi connectivity index (χ4n) is 1.29. The minimum atomic E-state index is -0.126. The molecule has 0 saturated carbocycles. The summed E-state index contributed by atoms with van der Waals surface area (Å²) in [5.74, 6) is 0.998. The molecule has 0 amide bonds. The van der Waals surface area contributed by atoms with Crippen LogP contribution in [0.4, 0.5) is 0 Å². The van der Waals surface area contributed by atoms with Crippen molar-refractivity contribution in [1.29, 1.82) is 0 Å². The molecule has 0 aliphatic carbocycles. The van der Waals surface area contributed by atoms with Crippen LogP contribution in [0.15, 0.2) is 0 Å². The molecule has 0 aromatic carbocycles. The molecule has 2 atom stereocenters. The first-order valence-corrected chi connectivity index (χ1v) is 5.42. The first kappa shape index (κ1) is 13.0. The van der Waals surface area contributed by atoms with Crippen molar-refractivity contribution in [2.24, 2.45) is 17.3 Å². The second-order valence-corrected chi connectivity index (χ2v) is 5.77. The van der Waals surface area contributed by atoms with Gasteiger partial charge in [-0.1, -0.05) is 41.5 Å². The highest BCUT2D eigenvalue weighted by Gasteiger charge is 2.20. The molecule has 80 valence electrons. The van der Waals surface area contributed by atoms with Crippen LogP contribution in [0.2, 0.25) is 0 Å². The first-order chi connectivity index (χ1) is 5.74. The van der Waals surface area contributed by atoms with Gasteiger partial charge in [0.15, 0.2) is 0 Å². The van der Waals surface area contributed by atoms with Gasteiger partial charge in [0.05, 0.1) is 6.10 Å². The summed E-state index contributed by atoms with van der Waals surface area (Å²) in [5, 5.41) is 9.85. The first-order valence-electron chi connectivity index (χ1n) is 5.42. The highest BCUT2D eigenvalue weighted by Crippen LogP contribution is 2.25. The number of rotatable bonds is 4. The Hall–Kier alpha value is -0.0400. The normalized spacial score (nSPS) is 17.5. The van der Waals surface area contributed by atoms with E-state index in [0.29, 0.717) is 17.3 Å². The van der Waals surface area contributed by atoms with E-state index in [1.54, 1.807) is 0 Å². The van der Waals surface area contributed by atoms with E-state index in [4.69, 9.17) is 0 Å². The lowest BCUT2D eigenvalue weighted by Crippen LogP contribution is -2.24. The molecule has 0 saturated heterocycles. The molecule has 2 unspecified atom stereocenters. The van der Waals surface area contributed by atoms with Crippen molar-refractivity contribution in [1.82, 2.24) is 0 Å². The Bertz CT molecular complexity index is 133. The fourth-order valence-corrected chi connectivity index (χ4v) is 1.29. The van der Waals surface area contributed by atoms with Crippen LogP contribution in [0, 0.1) is 17.3 Å². The lowest BCUT2D eigenvalue weighted by atomic mass is 9.84. The van der Waals surface area contributed by atoms with E-state index in [1.807, 2.05) is 0 Å². The van der Waals surface area contributed by atoms with Crippen LogP contribution < -0.4 is 0 Å². The monoisotopic (exact) mass is 186 g/mol. The number of aliphatic hydroxyl groups excluding tert-OH is 1. The third-order valence-electron chi connectivity index (χ3n) is 2.85. The second kappa shape index (κ2) is 4.99. The third kappa shape index (κ3) is 6.09. The zero-order chi connectivity index (χ0) is 10.6. The van der Waals surface area contributed by atoms with Crippen molar-refractivity contribution in [3.05, 3.63) is 0 Å². The highest BCUT2D eigenvalue weighted by atomic mass is 16.3. The summed E-state index contributed by atoms with van der Waals surface area (Å²) in [7, 11) is 0. The van der Waals surface area contributed by atoms with Crippen LogP contribution in [-0.2, 0) is 0 Å². The van der Waals surface area contributed by atoms with E-state index >= 15 is 0 Å². The standard InChI is InChI=1S/C12H26O/c1-9(2)10(3)11(13)7-8-12(4,5)6/h9-11,13H,7-8H2,1-6H3. The molecule has 0 aliphatic heterocycles. The van der Waals surface area contributed by atoms with Gasteiger partial charge in [-0.3, -0.25) is 0 Å². The van der Waals surface area contributed by atoms with Gasteiger partial charge in [0, 0.05) is 0 Å². The fraction of sp³-hybridized carbons (Fsp3) is 1.00. The van der Waals surface area contributed by atoms with Gasteiger partial charge in [-0.2, -0.15) is 0 Å². The van der Waals surface area contributed by atoms with Gasteiger partial charge in [-0.05, 0) is 30.1 Å². The summed E-state index contributed by atoms with van der Waals surface area (Å²) in [5.41, 5.74) is 0.345. The van der Waals surface area contributed by atoms with Gasteiger partial charge in [-0.25, -0.2) is 0 Å². The van der Waals surface area contributed by atoms with E-state index < -0.39 is 0 Å². The lowest BCUT2D eigenvalue weighted by Gasteiger charge is -2.25. The molecule has 0 radical (unpaired) electrons. The van der Waals surface area contributed by atoms with Crippen LogP contribution in [0.3, 0.4) is 0 Å². The number of hydrogen-bond donors (Lipinski definition) is 1. The van der Waals surface area contributed by atoms with Crippen LogP contribution >= 0.6 is 0 Å². The Morgan fingerprint density at radius 3 is 1.85 bits per heavy atom. The van der Waals surface area contributed by atoms with Crippen molar-refractivity contribution >= 4 is 0 Å². The molecule has 0 bridgehead atoms. The van der Waals surface area contributed by atoms with E-state index in [0.717, 1.165) is 12.8 Å². The van der Waals surface area contributed by atoms with Gasteiger partial charge < -0.3 is 5.11 Å². The van der Waals surface area contributed by atoms with Crippen LogP contribution in [-0.4, -0.2) is 11.2 Å². The molecule has 0 spiro atoms. The predicted octanol–water partition coefficient (Wildman–Crippen LogP) is 3.47. The zero-order valence-corrected chi connectivity index (χ0v) is 10.1. The Morgan fingerprint density at radius 2 is 1.54 bits per heavy atom. The summed E-state index contributed by atoms with van der Waals surface area (Å²) in [6, 6.07) is 0. The molecule has 1 heteroatoms. The largest absolute Gasteiger partial charge is 0.393 e. The molecule has 1 nitrogen and oxygen atoms in total. The molecular formula is C12H26O. The van der Waals surface area contributed by atoms with Gasteiger partial charge in [0.1, 0.15) is 0 Å². The minimum absolute atomic E-state index is 0.126. The highest BCUT2D eigenvalue weighted by molar-refractivity contribution is 4.71. The second-order valence-electron chi connectivity index (χ2n) is 5.77. The van der Waals surface area contributed by atoms with Crippen molar-refractivity contribution < 1.29 is 5.11 Å². The number of hydrogen-bond acceptors (Lipinski definition) is 1. The van der Waals surface area contributed by atoms with Crippen molar-refractivity contribution in [3.8, 4) is 0 Å². The maximum atomic E-state index is 9.85. The summed E-state index contributed by atoms with van der Waals surface area (Å²) in [6.07, 6.45) is 1.91. The van der Waals surface area contributed by atoms with E-state index in [2.05, 4.69) is 41.5 Å². The van der Waals surface area contributed by atoms with Crippen molar-refractivity contribution in [2.45, 2.75) is 60.5 Å². The maximum absolute atomic E-state index is 9.85.